The van der Waals surface area contributed by atoms with Crippen LogP contribution in [0.25, 0.3) is 0 Å². The van der Waals surface area contributed by atoms with Crippen molar-refractivity contribution in [3.63, 3.8) is 0 Å². The van der Waals surface area contributed by atoms with E-state index >= 15 is 0 Å². The molecule has 4 nitrogen and oxygen atoms in total. The Kier molecular flexibility index (Phi) is 5.02. The first-order valence-corrected chi connectivity index (χ1v) is 8.77. The summed E-state index contributed by atoms with van der Waals surface area (Å²) in [6.45, 7) is 7.79. The Labute approximate surface area is 139 Å². The van der Waals surface area contributed by atoms with Gasteiger partial charge in [-0.3, -0.25) is 9.69 Å². The lowest BCUT2D eigenvalue weighted by Gasteiger charge is -2.42. The standard InChI is InChI=1S/C19H28N2O2/c1-19(2,14-20-18(22)17-9-5-6-12-23-17)21-11-10-15-7-3-4-8-16(15)13-21/h3-4,7-8,17H,5-6,9-14H2,1-2H3,(H,20,22)/t17-/m0/s1. The van der Waals surface area contributed by atoms with Crippen molar-refractivity contribution in [2.24, 2.45) is 0 Å². The molecule has 1 fully saturated rings. The molecule has 0 unspecified atom stereocenters. The zero-order chi connectivity index (χ0) is 16.3. The number of rotatable bonds is 4. The first kappa shape index (κ1) is 16.5. The Morgan fingerprint density at radius 1 is 1.30 bits per heavy atom. The van der Waals surface area contributed by atoms with Crippen molar-refractivity contribution in [3.05, 3.63) is 35.4 Å². The molecular formula is C19H28N2O2. The van der Waals surface area contributed by atoms with E-state index in [1.165, 1.54) is 11.1 Å². The highest BCUT2D eigenvalue weighted by atomic mass is 16.5. The Balaban J connectivity index is 1.55. The molecule has 0 aromatic heterocycles. The number of carbonyl (C=O) groups is 1. The number of hydrogen-bond donors (Lipinski definition) is 1. The molecule has 3 rings (SSSR count). The van der Waals surface area contributed by atoms with Crippen molar-refractivity contribution in [1.82, 2.24) is 10.2 Å². The van der Waals surface area contributed by atoms with Gasteiger partial charge >= 0.3 is 0 Å². The van der Waals surface area contributed by atoms with Crippen molar-refractivity contribution < 1.29 is 9.53 Å². The summed E-state index contributed by atoms with van der Waals surface area (Å²) in [5, 5.41) is 3.11. The molecular weight excluding hydrogens is 288 g/mol. The molecule has 2 heterocycles. The molecule has 1 amide bonds. The van der Waals surface area contributed by atoms with Crippen molar-refractivity contribution in [2.45, 2.75) is 57.7 Å². The van der Waals surface area contributed by atoms with Crippen LogP contribution in [0.3, 0.4) is 0 Å². The Hall–Kier alpha value is -1.39. The maximum atomic E-state index is 12.3. The monoisotopic (exact) mass is 316 g/mol. The van der Waals surface area contributed by atoms with Gasteiger partial charge in [0.05, 0.1) is 0 Å². The maximum absolute atomic E-state index is 12.3. The van der Waals surface area contributed by atoms with Crippen molar-refractivity contribution in [2.75, 3.05) is 19.7 Å². The van der Waals surface area contributed by atoms with E-state index in [0.29, 0.717) is 13.2 Å². The van der Waals surface area contributed by atoms with E-state index in [9.17, 15) is 4.79 Å². The maximum Gasteiger partial charge on any atom is 0.249 e. The molecule has 0 aliphatic carbocycles. The van der Waals surface area contributed by atoms with E-state index in [1.807, 2.05) is 0 Å². The fourth-order valence-electron chi connectivity index (χ4n) is 3.49. The van der Waals surface area contributed by atoms with Crippen LogP contribution in [0.15, 0.2) is 24.3 Å². The molecule has 1 atom stereocenters. The molecule has 0 radical (unpaired) electrons. The predicted octanol–water partition coefficient (Wildman–Crippen LogP) is 2.51. The lowest BCUT2D eigenvalue weighted by atomic mass is 9.94. The lowest BCUT2D eigenvalue weighted by Crippen LogP contribution is -2.54. The average molecular weight is 316 g/mol. The fraction of sp³-hybridized carbons (Fsp3) is 0.632. The molecule has 1 aromatic carbocycles. The largest absolute Gasteiger partial charge is 0.368 e. The summed E-state index contributed by atoms with van der Waals surface area (Å²) in [5.74, 6) is 0.0511. The molecule has 4 heteroatoms. The number of fused-ring (bicyclic) bond motifs is 1. The van der Waals surface area contributed by atoms with Gasteiger partial charge in [0.25, 0.3) is 0 Å². The zero-order valence-electron chi connectivity index (χ0n) is 14.3. The summed E-state index contributed by atoms with van der Waals surface area (Å²) in [6.07, 6.45) is 3.84. The number of amides is 1. The fourth-order valence-corrected chi connectivity index (χ4v) is 3.49. The van der Waals surface area contributed by atoms with Crippen LogP contribution in [0.5, 0.6) is 0 Å². The van der Waals surface area contributed by atoms with Crippen LogP contribution in [0.4, 0.5) is 0 Å². The second kappa shape index (κ2) is 7.02. The highest BCUT2D eigenvalue weighted by Crippen LogP contribution is 2.25. The van der Waals surface area contributed by atoms with E-state index in [2.05, 4.69) is 48.3 Å². The smallest absolute Gasteiger partial charge is 0.249 e. The van der Waals surface area contributed by atoms with E-state index in [4.69, 9.17) is 4.74 Å². The van der Waals surface area contributed by atoms with Crippen molar-refractivity contribution in [1.29, 1.82) is 0 Å². The molecule has 2 aliphatic rings. The van der Waals surface area contributed by atoms with E-state index in [0.717, 1.165) is 38.8 Å². The van der Waals surface area contributed by atoms with Crippen LogP contribution in [0, 0.1) is 0 Å². The topological polar surface area (TPSA) is 41.6 Å². The second-order valence-electron chi connectivity index (χ2n) is 7.33. The summed E-state index contributed by atoms with van der Waals surface area (Å²) in [5.41, 5.74) is 2.81. The summed E-state index contributed by atoms with van der Waals surface area (Å²) in [6, 6.07) is 8.66. The van der Waals surface area contributed by atoms with Gasteiger partial charge in [0.2, 0.25) is 5.91 Å². The minimum Gasteiger partial charge on any atom is -0.368 e. The number of nitrogens with one attached hydrogen (secondary N) is 1. The third kappa shape index (κ3) is 3.93. The molecule has 1 aromatic rings. The first-order valence-electron chi connectivity index (χ1n) is 8.77. The zero-order valence-corrected chi connectivity index (χ0v) is 14.3. The lowest BCUT2D eigenvalue weighted by molar-refractivity contribution is -0.136. The van der Waals surface area contributed by atoms with Gasteiger partial charge in [-0.05, 0) is 50.7 Å². The molecule has 1 N–H and O–H groups in total. The normalized spacial score (nSPS) is 22.4. The van der Waals surface area contributed by atoms with Crippen molar-refractivity contribution in [3.8, 4) is 0 Å². The number of benzene rings is 1. The van der Waals surface area contributed by atoms with Gasteiger partial charge < -0.3 is 10.1 Å². The predicted molar refractivity (Wildman–Crippen MR) is 91.2 cm³/mol. The van der Waals surface area contributed by atoms with Gasteiger partial charge in [-0.1, -0.05) is 24.3 Å². The minimum absolute atomic E-state index is 0.0511. The van der Waals surface area contributed by atoms with Crippen LogP contribution in [-0.4, -0.2) is 42.1 Å². The van der Waals surface area contributed by atoms with Gasteiger partial charge in [0, 0.05) is 31.8 Å². The molecule has 0 saturated carbocycles. The second-order valence-corrected chi connectivity index (χ2v) is 7.33. The molecule has 23 heavy (non-hydrogen) atoms. The van der Waals surface area contributed by atoms with Gasteiger partial charge in [0.1, 0.15) is 6.10 Å². The quantitative estimate of drug-likeness (QED) is 0.928. The number of carbonyl (C=O) groups excluding carboxylic acids is 1. The van der Waals surface area contributed by atoms with Gasteiger partial charge in [-0.25, -0.2) is 0 Å². The SMILES string of the molecule is CC(C)(CNC(=O)[C@@H]1CCCCO1)N1CCc2ccccc2C1. The molecule has 0 spiro atoms. The highest BCUT2D eigenvalue weighted by molar-refractivity contribution is 5.80. The van der Waals surface area contributed by atoms with Gasteiger partial charge in [0.15, 0.2) is 0 Å². The van der Waals surface area contributed by atoms with Crippen LogP contribution in [0.1, 0.15) is 44.2 Å². The van der Waals surface area contributed by atoms with E-state index < -0.39 is 0 Å². The minimum atomic E-state index is -0.248. The average Bonchev–Trinajstić information content (AvgIpc) is 2.60. The van der Waals surface area contributed by atoms with Crippen LogP contribution < -0.4 is 5.32 Å². The summed E-state index contributed by atoms with van der Waals surface area (Å²) in [7, 11) is 0. The summed E-state index contributed by atoms with van der Waals surface area (Å²) >= 11 is 0. The van der Waals surface area contributed by atoms with Crippen LogP contribution in [-0.2, 0) is 22.5 Å². The van der Waals surface area contributed by atoms with E-state index in [-0.39, 0.29) is 17.6 Å². The summed E-state index contributed by atoms with van der Waals surface area (Å²) < 4.78 is 5.57. The van der Waals surface area contributed by atoms with Crippen molar-refractivity contribution >= 4 is 5.91 Å². The van der Waals surface area contributed by atoms with Crippen LogP contribution >= 0.6 is 0 Å². The molecule has 126 valence electrons. The third-order valence-corrected chi connectivity index (χ3v) is 5.15. The Bertz CT molecular complexity index is 550. The Morgan fingerprint density at radius 3 is 2.83 bits per heavy atom. The molecule has 2 aliphatic heterocycles. The molecule has 0 bridgehead atoms. The summed E-state index contributed by atoms with van der Waals surface area (Å²) in [4.78, 5) is 14.7. The van der Waals surface area contributed by atoms with Crippen LogP contribution in [0.2, 0.25) is 0 Å². The van der Waals surface area contributed by atoms with E-state index in [1.54, 1.807) is 0 Å². The number of nitrogens with zero attached hydrogens (tertiary/aromatic N) is 1. The van der Waals surface area contributed by atoms with Gasteiger partial charge in [-0.2, -0.15) is 0 Å². The first-order chi connectivity index (χ1) is 11.1. The van der Waals surface area contributed by atoms with Gasteiger partial charge in [-0.15, -0.1) is 0 Å². The molecule has 1 saturated heterocycles. The third-order valence-electron chi connectivity index (χ3n) is 5.15. The number of hydrogen-bond acceptors (Lipinski definition) is 3. The number of ether oxygens (including phenoxy) is 1. The highest BCUT2D eigenvalue weighted by Gasteiger charge is 2.31. The Morgan fingerprint density at radius 2 is 2.09 bits per heavy atom.